The Balaban J connectivity index is 0. The van der Waals surface area contributed by atoms with Crippen LogP contribution in [0.1, 0.15) is 27.7 Å². The van der Waals surface area contributed by atoms with Gasteiger partial charge in [-0.1, -0.05) is 39.8 Å². The van der Waals surface area contributed by atoms with Crippen molar-refractivity contribution in [2.75, 3.05) is 0 Å². The molecule has 0 aromatic heterocycles. The normalized spacial score (nSPS) is 7.08. The van der Waals surface area contributed by atoms with Crippen molar-refractivity contribution in [3.8, 4) is 5.75 Å². The fourth-order valence-electron chi connectivity index (χ4n) is 0.452. The van der Waals surface area contributed by atoms with Crippen LogP contribution in [0, 0.1) is 0 Å². The van der Waals surface area contributed by atoms with Gasteiger partial charge in [-0.3, -0.25) is 0 Å². The maximum atomic E-state index is 8.87. The topological polar surface area (TPSA) is 20.2 Å². The molecule has 1 nitrogen and oxygen atoms in total. The number of phenols is 1. The van der Waals surface area contributed by atoms with Crippen molar-refractivity contribution >= 4 is 15.9 Å². The van der Waals surface area contributed by atoms with E-state index in [1.165, 1.54) is 0 Å². The second kappa shape index (κ2) is 10.5. The molecule has 1 N–H and O–H groups in total. The van der Waals surface area contributed by atoms with Crippen molar-refractivity contribution in [3.05, 3.63) is 28.7 Å². The van der Waals surface area contributed by atoms with Crippen LogP contribution < -0.4 is 0 Å². The smallest absolute Gasteiger partial charge is 0.129 e. The molecule has 1 aromatic carbocycles. The minimum atomic E-state index is 0.285. The molecule has 0 aliphatic heterocycles. The van der Waals surface area contributed by atoms with Crippen LogP contribution in [0.15, 0.2) is 28.7 Å². The van der Waals surface area contributed by atoms with E-state index in [2.05, 4.69) is 15.9 Å². The summed E-state index contributed by atoms with van der Waals surface area (Å²) >= 11 is 3.15. The minimum absolute atomic E-state index is 0.285. The molecular formula is C10H17BrO. The second-order valence-electron chi connectivity index (χ2n) is 1.45. The monoisotopic (exact) mass is 232 g/mol. The van der Waals surface area contributed by atoms with E-state index < -0.39 is 0 Å². The Bertz CT molecular complexity index is 166. The molecule has 0 saturated heterocycles. The molecule has 0 amide bonds. The number of rotatable bonds is 0. The lowest BCUT2D eigenvalue weighted by Crippen LogP contribution is -1.63. The molecular weight excluding hydrogens is 216 g/mol. The maximum absolute atomic E-state index is 8.87. The summed E-state index contributed by atoms with van der Waals surface area (Å²) in [5.74, 6) is 0.285. The summed E-state index contributed by atoms with van der Waals surface area (Å²) in [6, 6.07) is 7.04. The van der Waals surface area contributed by atoms with Gasteiger partial charge < -0.3 is 5.11 Å². The number of aromatic hydroxyl groups is 1. The molecule has 0 radical (unpaired) electrons. The van der Waals surface area contributed by atoms with Gasteiger partial charge in [-0.25, -0.2) is 0 Å². The van der Waals surface area contributed by atoms with Crippen LogP contribution in [0.2, 0.25) is 0 Å². The van der Waals surface area contributed by atoms with Crippen molar-refractivity contribution in [3.63, 3.8) is 0 Å². The number of para-hydroxylation sites is 1. The van der Waals surface area contributed by atoms with Gasteiger partial charge >= 0.3 is 0 Å². The summed E-state index contributed by atoms with van der Waals surface area (Å²) in [4.78, 5) is 0. The lowest BCUT2D eigenvalue weighted by atomic mass is 10.3. The zero-order valence-corrected chi connectivity index (χ0v) is 9.72. The van der Waals surface area contributed by atoms with Crippen LogP contribution in [0.3, 0.4) is 0 Å². The van der Waals surface area contributed by atoms with E-state index in [1.807, 2.05) is 33.8 Å². The average molecular weight is 233 g/mol. The Morgan fingerprint density at radius 2 is 1.42 bits per heavy atom. The first-order chi connectivity index (χ1) is 5.80. The highest BCUT2D eigenvalue weighted by atomic mass is 79.9. The van der Waals surface area contributed by atoms with E-state index in [9.17, 15) is 0 Å². The molecule has 0 bridgehead atoms. The molecule has 1 aromatic rings. The molecule has 12 heavy (non-hydrogen) atoms. The van der Waals surface area contributed by atoms with Crippen molar-refractivity contribution in [2.24, 2.45) is 0 Å². The SMILES string of the molecule is CC.CC.Oc1ccccc1Br. The van der Waals surface area contributed by atoms with E-state index in [4.69, 9.17) is 5.11 Å². The molecule has 70 valence electrons. The first-order valence-electron chi connectivity index (χ1n) is 4.24. The van der Waals surface area contributed by atoms with Gasteiger partial charge in [-0.05, 0) is 28.1 Å². The molecule has 0 heterocycles. The number of halogens is 1. The zero-order chi connectivity index (χ0) is 9.98. The Hall–Kier alpha value is -0.500. The van der Waals surface area contributed by atoms with E-state index in [1.54, 1.807) is 18.2 Å². The molecule has 0 saturated carbocycles. The van der Waals surface area contributed by atoms with Gasteiger partial charge in [-0.15, -0.1) is 0 Å². The zero-order valence-electron chi connectivity index (χ0n) is 8.13. The summed E-state index contributed by atoms with van der Waals surface area (Å²) < 4.78 is 0.736. The first kappa shape index (κ1) is 14.0. The van der Waals surface area contributed by atoms with Gasteiger partial charge in [0, 0.05) is 0 Å². The van der Waals surface area contributed by atoms with Gasteiger partial charge in [0.05, 0.1) is 4.47 Å². The van der Waals surface area contributed by atoms with Crippen molar-refractivity contribution in [2.45, 2.75) is 27.7 Å². The highest BCUT2D eigenvalue weighted by molar-refractivity contribution is 9.10. The number of benzene rings is 1. The first-order valence-corrected chi connectivity index (χ1v) is 5.03. The van der Waals surface area contributed by atoms with Crippen LogP contribution in [-0.4, -0.2) is 5.11 Å². The van der Waals surface area contributed by atoms with E-state index in [0.29, 0.717) is 0 Å². The summed E-state index contributed by atoms with van der Waals surface area (Å²) in [6.45, 7) is 8.00. The van der Waals surface area contributed by atoms with E-state index in [-0.39, 0.29) is 5.75 Å². The van der Waals surface area contributed by atoms with Gasteiger partial charge in [0.15, 0.2) is 0 Å². The van der Waals surface area contributed by atoms with E-state index in [0.717, 1.165) is 4.47 Å². The fraction of sp³-hybridized carbons (Fsp3) is 0.400. The predicted molar refractivity (Wildman–Crippen MR) is 58.5 cm³/mol. The third-order valence-corrected chi connectivity index (χ3v) is 1.52. The summed E-state index contributed by atoms with van der Waals surface area (Å²) in [7, 11) is 0. The Labute approximate surface area is 83.6 Å². The highest BCUT2D eigenvalue weighted by Gasteiger charge is 1.89. The van der Waals surface area contributed by atoms with Gasteiger partial charge in [0.1, 0.15) is 5.75 Å². The van der Waals surface area contributed by atoms with Crippen molar-refractivity contribution in [1.82, 2.24) is 0 Å². The molecule has 1 rings (SSSR count). The van der Waals surface area contributed by atoms with Crippen molar-refractivity contribution < 1.29 is 5.11 Å². The molecule has 0 atom stereocenters. The van der Waals surface area contributed by atoms with Gasteiger partial charge in [-0.2, -0.15) is 0 Å². The summed E-state index contributed by atoms with van der Waals surface area (Å²) in [5.41, 5.74) is 0. The number of hydrogen-bond donors (Lipinski definition) is 1. The largest absolute Gasteiger partial charge is 0.507 e. The lowest BCUT2D eigenvalue weighted by molar-refractivity contribution is 0.472. The highest BCUT2D eigenvalue weighted by Crippen LogP contribution is 2.21. The average Bonchev–Trinajstić information content (AvgIpc) is 2.17. The molecule has 0 aliphatic rings. The quantitative estimate of drug-likeness (QED) is 0.711. The summed E-state index contributed by atoms with van der Waals surface area (Å²) in [5, 5.41) is 8.87. The van der Waals surface area contributed by atoms with Crippen molar-refractivity contribution in [1.29, 1.82) is 0 Å². The number of hydrogen-bond acceptors (Lipinski definition) is 1. The van der Waals surface area contributed by atoms with Crippen LogP contribution in [0.25, 0.3) is 0 Å². The Morgan fingerprint density at radius 1 is 1.00 bits per heavy atom. The van der Waals surface area contributed by atoms with Crippen LogP contribution in [-0.2, 0) is 0 Å². The molecule has 0 unspecified atom stereocenters. The second-order valence-corrected chi connectivity index (χ2v) is 2.31. The number of phenolic OH excluding ortho intramolecular Hbond substituents is 1. The molecule has 0 aliphatic carbocycles. The Morgan fingerprint density at radius 3 is 1.67 bits per heavy atom. The van der Waals surface area contributed by atoms with E-state index >= 15 is 0 Å². The predicted octanol–water partition coefficient (Wildman–Crippen LogP) is 4.21. The standard InChI is InChI=1S/C6H5BrO.2C2H6/c7-5-3-1-2-4-6(5)8;2*1-2/h1-4,8H;2*1-2H3. The molecule has 2 heteroatoms. The third kappa shape index (κ3) is 6.23. The van der Waals surface area contributed by atoms with Crippen LogP contribution in [0.5, 0.6) is 5.75 Å². The van der Waals surface area contributed by atoms with Gasteiger partial charge in [0.2, 0.25) is 0 Å². The molecule has 0 spiro atoms. The minimum Gasteiger partial charge on any atom is -0.507 e. The van der Waals surface area contributed by atoms with Crippen LogP contribution >= 0.6 is 15.9 Å². The summed E-state index contributed by atoms with van der Waals surface area (Å²) in [6.07, 6.45) is 0. The lowest BCUT2D eigenvalue weighted by Gasteiger charge is -1.90. The third-order valence-electron chi connectivity index (χ3n) is 0.852. The van der Waals surface area contributed by atoms with Gasteiger partial charge in [0.25, 0.3) is 0 Å². The maximum Gasteiger partial charge on any atom is 0.129 e. The molecule has 0 fully saturated rings. The fourth-order valence-corrected chi connectivity index (χ4v) is 0.737. The van der Waals surface area contributed by atoms with Crippen LogP contribution in [0.4, 0.5) is 0 Å². The Kier molecular flexibility index (Phi) is 12.3.